The maximum Gasteiger partial charge on any atom is 0.0518 e. The third-order valence-electron chi connectivity index (χ3n) is 4.83. The summed E-state index contributed by atoms with van der Waals surface area (Å²) in [4.78, 5) is 2.62. The fourth-order valence-electron chi connectivity index (χ4n) is 3.61. The summed E-state index contributed by atoms with van der Waals surface area (Å²) in [6.07, 6.45) is 8.69. The number of hydrogen-bond donors (Lipinski definition) is 1. The molecule has 4 nitrogen and oxygen atoms in total. The molecule has 4 heteroatoms. The molecule has 1 aromatic heterocycles. The second-order valence-corrected chi connectivity index (χ2v) is 5.90. The van der Waals surface area contributed by atoms with Gasteiger partial charge in [-0.25, -0.2) is 0 Å². The average molecular weight is 248 g/mol. The number of aromatic nitrogens is 2. The van der Waals surface area contributed by atoms with Crippen LogP contribution in [0.4, 0.5) is 0 Å². The number of nitrogens with one attached hydrogen (secondary N) is 1. The van der Waals surface area contributed by atoms with E-state index in [1.54, 1.807) is 0 Å². The Bertz CT molecular complexity index is 386. The summed E-state index contributed by atoms with van der Waals surface area (Å²) in [5, 5.41) is 7.94. The molecule has 100 valence electrons. The number of nitrogens with zero attached hydrogens (tertiary/aromatic N) is 3. The molecule has 3 rings (SSSR count). The molecule has 1 N–H and O–H groups in total. The largest absolute Gasteiger partial charge is 0.308 e. The van der Waals surface area contributed by atoms with Gasteiger partial charge in [0, 0.05) is 37.9 Å². The monoisotopic (exact) mass is 248 g/mol. The van der Waals surface area contributed by atoms with Gasteiger partial charge >= 0.3 is 0 Å². The number of aryl methyl sites for hydroxylation is 1. The Balaban J connectivity index is 1.57. The van der Waals surface area contributed by atoms with Gasteiger partial charge in [-0.15, -0.1) is 0 Å². The van der Waals surface area contributed by atoms with Gasteiger partial charge in [0.1, 0.15) is 0 Å². The molecule has 2 saturated heterocycles. The molecule has 0 aromatic carbocycles. The van der Waals surface area contributed by atoms with Gasteiger partial charge in [-0.2, -0.15) is 5.10 Å². The van der Waals surface area contributed by atoms with Crippen LogP contribution in [0, 0.1) is 0 Å². The Hall–Kier alpha value is -0.870. The Morgan fingerprint density at radius 2 is 2.00 bits per heavy atom. The predicted octanol–water partition coefficient (Wildman–Crippen LogP) is 1.52. The van der Waals surface area contributed by atoms with Crippen molar-refractivity contribution < 1.29 is 0 Å². The van der Waals surface area contributed by atoms with Gasteiger partial charge in [-0.3, -0.25) is 4.68 Å². The maximum atomic E-state index is 4.22. The predicted molar refractivity (Wildman–Crippen MR) is 72.3 cm³/mol. The zero-order valence-corrected chi connectivity index (χ0v) is 11.5. The summed E-state index contributed by atoms with van der Waals surface area (Å²) in [6.45, 7) is 0.949. The van der Waals surface area contributed by atoms with Crippen LogP contribution >= 0.6 is 0 Å². The van der Waals surface area contributed by atoms with E-state index in [0.29, 0.717) is 6.04 Å². The zero-order chi connectivity index (χ0) is 12.5. The Morgan fingerprint density at radius 3 is 2.61 bits per heavy atom. The van der Waals surface area contributed by atoms with Crippen molar-refractivity contribution in [3.05, 3.63) is 18.0 Å². The molecule has 2 fully saturated rings. The first-order chi connectivity index (χ1) is 8.74. The van der Waals surface area contributed by atoms with E-state index < -0.39 is 0 Å². The minimum atomic E-state index is 0.686. The van der Waals surface area contributed by atoms with Crippen LogP contribution in [0.2, 0.25) is 0 Å². The molecule has 0 amide bonds. The summed E-state index contributed by atoms with van der Waals surface area (Å²) < 4.78 is 1.96. The first-order valence-electron chi connectivity index (χ1n) is 7.16. The van der Waals surface area contributed by atoms with Crippen molar-refractivity contribution in [3.8, 4) is 0 Å². The molecule has 1 aromatic rings. The Kier molecular flexibility index (Phi) is 3.39. The number of fused-ring (bicyclic) bond motifs is 2. The quantitative estimate of drug-likeness (QED) is 0.880. The van der Waals surface area contributed by atoms with Crippen LogP contribution in [-0.4, -0.2) is 39.9 Å². The third kappa shape index (κ3) is 2.31. The van der Waals surface area contributed by atoms with Crippen LogP contribution < -0.4 is 5.32 Å². The molecule has 0 spiro atoms. The van der Waals surface area contributed by atoms with Crippen LogP contribution in [-0.2, 0) is 13.6 Å². The lowest BCUT2D eigenvalue weighted by Gasteiger charge is -2.47. The van der Waals surface area contributed by atoms with Crippen molar-refractivity contribution >= 4 is 0 Å². The molecule has 0 aliphatic carbocycles. The highest BCUT2D eigenvalue weighted by Crippen LogP contribution is 2.32. The molecule has 2 atom stereocenters. The summed E-state index contributed by atoms with van der Waals surface area (Å²) in [5.41, 5.74) is 1.28. The van der Waals surface area contributed by atoms with E-state index >= 15 is 0 Å². The molecule has 0 radical (unpaired) electrons. The molecule has 2 bridgehead atoms. The minimum absolute atomic E-state index is 0.686. The van der Waals surface area contributed by atoms with E-state index in [0.717, 1.165) is 18.6 Å². The van der Waals surface area contributed by atoms with Gasteiger partial charge in [0.05, 0.1) is 5.69 Å². The normalized spacial score (nSPS) is 32.7. The van der Waals surface area contributed by atoms with Gasteiger partial charge in [-0.05, 0) is 38.8 Å². The van der Waals surface area contributed by atoms with E-state index in [1.807, 2.05) is 17.9 Å². The standard InChI is InChI=1S/C14H24N4/c1-17-12-4-3-5-13(17)9-11(8-12)15-10-14-6-7-16-18(14)2/h6-7,11-13,15H,3-5,8-10H2,1-2H3. The fraction of sp³-hybridized carbons (Fsp3) is 0.786. The van der Waals surface area contributed by atoms with Crippen LogP contribution in [0.15, 0.2) is 12.3 Å². The van der Waals surface area contributed by atoms with E-state index in [1.165, 1.54) is 37.8 Å². The van der Waals surface area contributed by atoms with Crippen molar-refractivity contribution in [1.82, 2.24) is 20.0 Å². The Morgan fingerprint density at radius 1 is 1.28 bits per heavy atom. The molecular formula is C14H24N4. The SMILES string of the molecule is CN1C2CCCC1CC(NCc1ccnn1C)C2. The van der Waals surface area contributed by atoms with E-state index in [9.17, 15) is 0 Å². The third-order valence-corrected chi connectivity index (χ3v) is 4.83. The summed E-state index contributed by atoms with van der Waals surface area (Å²) >= 11 is 0. The smallest absolute Gasteiger partial charge is 0.0518 e. The number of piperidine rings is 2. The van der Waals surface area contributed by atoms with E-state index in [-0.39, 0.29) is 0 Å². The van der Waals surface area contributed by atoms with Crippen molar-refractivity contribution in [3.63, 3.8) is 0 Å². The first kappa shape index (κ1) is 12.2. The number of rotatable bonds is 3. The summed E-state index contributed by atoms with van der Waals surface area (Å²) in [7, 11) is 4.33. The van der Waals surface area contributed by atoms with Crippen molar-refractivity contribution in [2.45, 2.75) is 56.8 Å². The maximum absolute atomic E-state index is 4.22. The van der Waals surface area contributed by atoms with Crippen molar-refractivity contribution in [2.75, 3.05) is 7.05 Å². The molecule has 0 saturated carbocycles. The fourth-order valence-corrected chi connectivity index (χ4v) is 3.61. The summed E-state index contributed by atoms with van der Waals surface area (Å²) in [5.74, 6) is 0. The van der Waals surface area contributed by atoms with Gasteiger partial charge in [-0.1, -0.05) is 6.42 Å². The lowest BCUT2D eigenvalue weighted by atomic mass is 9.82. The highest BCUT2D eigenvalue weighted by molar-refractivity contribution is 5.01. The van der Waals surface area contributed by atoms with Crippen LogP contribution in [0.1, 0.15) is 37.8 Å². The van der Waals surface area contributed by atoms with Crippen LogP contribution in [0.3, 0.4) is 0 Å². The second kappa shape index (κ2) is 5.02. The van der Waals surface area contributed by atoms with Crippen LogP contribution in [0.5, 0.6) is 0 Å². The minimum Gasteiger partial charge on any atom is -0.308 e. The average Bonchev–Trinajstić information content (AvgIpc) is 2.73. The summed E-state index contributed by atoms with van der Waals surface area (Å²) in [6, 6.07) is 4.40. The first-order valence-corrected chi connectivity index (χ1v) is 7.16. The molecule has 2 unspecified atom stereocenters. The lowest BCUT2D eigenvalue weighted by Crippen LogP contribution is -2.54. The van der Waals surface area contributed by atoms with E-state index in [2.05, 4.69) is 28.4 Å². The van der Waals surface area contributed by atoms with Crippen molar-refractivity contribution in [1.29, 1.82) is 0 Å². The van der Waals surface area contributed by atoms with E-state index in [4.69, 9.17) is 0 Å². The highest BCUT2D eigenvalue weighted by atomic mass is 15.3. The second-order valence-electron chi connectivity index (χ2n) is 5.90. The molecule has 18 heavy (non-hydrogen) atoms. The lowest BCUT2D eigenvalue weighted by molar-refractivity contribution is 0.0481. The van der Waals surface area contributed by atoms with Gasteiger partial charge in [0.15, 0.2) is 0 Å². The van der Waals surface area contributed by atoms with Gasteiger partial charge in [0.25, 0.3) is 0 Å². The molecule has 2 aliphatic heterocycles. The molecule has 3 heterocycles. The zero-order valence-electron chi connectivity index (χ0n) is 11.5. The van der Waals surface area contributed by atoms with Crippen LogP contribution in [0.25, 0.3) is 0 Å². The number of hydrogen-bond acceptors (Lipinski definition) is 3. The topological polar surface area (TPSA) is 33.1 Å². The Labute approximate surface area is 109 Å². The highest BCUT2D eigenvalue weighted by Gasteiger charge is 2.35. The molecular weight excluding hydrogens is 224 g/mol. The van der Waals surface area contributed by atoms with Gasteiger partial charge < -0.3 is 10.2 Å². The molecule has 2 aliphatic rings. The van der Waals surface area contributed by atoms with Gasteiger partial charge in [0.2, 0.25) is 0 Å². The van der Waals surface area contributed by atoms with Crippen molar-refractivity contribution in [2.24, 2.45) is 7.05 Å².